The summed E-state index contributed by atoms with van der Waals surface area (Å²) in [6.07, 6.45) is 0.923. The highest BCUT2D eigenvalue weighted by Crippen LogP contribution is 2.43. The number of nitrogen functional groups attached to an aromatic ring is 1. The molecule has 0 spiro atoms. The van der Waals surface area contributed by atoms with E-state index in [0.29, 0.717) is 18.0 Å². The molecule has 116 valence electrons. The third-order valence-corrected chi connectivity index (χ3v) is 4.08. The summed E-state index contributed by atoms with van der Waals surface area (Å²) in [7, 11) is 5.41. The zero-order chi connectivity index (χ0) is 15.8. The Labute approximate surface area is 126 Å². The van der Waals surface area contributed by atoms with Crippen LogP contribution in [0.1, 0.15) is 25.8 Å². The number of hydrogen-bond donors (Lipinski definition) is 1. The molecule has 5 heteroatoms. The van der Waals surface area contributed by atoms with Crippen molar-refractivity contribution in [2.24, 2.45) is 0 Å². The van der Waals surface area contributed by atoms with Crippen LogP contribution in [0.3, 0.4) is 0 Å². The van der Waals surface area contributed by atoms with Crippen LogP contribution in [0.15, 0.2) is 12.1 Å². The summed E-state index contributed by atoms with van der Waals surface area (Å²) in [5.41, 5.74) is 8.64. The largest absolute Gasteiger partial charge is 0.495 e. The van der Waals surface area contributed by atoms with E-state index in [9.17, 15) is 4.79 Å². The lowest BCUT2D eigenvalue weighted by Gasteiger charge is -2.39. The Balaban J connectivity index is 2.48. The van der Waals surface area contributed by atoms with E-state index < -0.39 is 0 Å². The fourth-order valence-electron chi connectivity index (χ4n) is 2.79. The van der Waals surface area contributed by atoms with Gasteiger partial charge >= 0.3 is 0 Å². The first kappa shape index (κ1) is 15.6. The Hall–Kier alpha value is -1.75. The second-order valence-electron chi connectivity index (χ2n) is 6.53. The van der Waals surface area contributed by atoms with Gasteiger partial charge in [-0.05, 0) is 43.6 Å². The van der Waals surface area contributed by atoms with Crippen molar-refractivity contribution in [3.05, 3.63) is 17.7 Å². The predicted molar refractivity (Wildman–Crippen MR) is 86.0 cm³/mol. The molecule has 0 aromatic heterocycles. The maximum Gasteiger partial charge on any atom is 0.241 e. The average molecular weight is 291 g/mol. The standard InChI is InChI=1S/C16H25N3O2/c1-16(2)6-7-19(15(20)10-18(3)4)13-9-12(17)14(21-5)8-11(13)16/h8-9H,6-7,10,17H2,1-5H3. The third kappa shape index (κ3) is 2.97. The van der Waals surface area contributed by atoms with Crippen LogP contribution in [-0.2, 0) is 10.2 Å². The lowest BCUT2D eigenvalue weighted by atomic mass is 9.77. The van der Waals surface area contributed by atoms with Crippen molar-refractivity contribution in [2.45, 2.75) is 25.7 Å². The quantitative estimate of drug-likeness (QED) is 0.864. The van der Waals surface area contributed by atoms with Crippen LogP contribution in [0.4, 0.5) is 11.4 Å². The summed E-state index contributed by atoms with van der Waals surface area (Å²) in [6.45, 7) is 5.49. The molecule has 2 rings (SSSR count). The van der Waals surface area contributed by atoms with Gasteiger partial charge in [-0.15, -0.1) is 0 Å². The number of fused-ring (bicyclic) bond motifs is 1. The maximum absolute atomic E-state index is 12.5. The second kappa shape index (κ2) is 5.56. The van der Waals surface area contributed by atoms with Gasteiger partial charge < -0.3 is 20.3 Å². The molecule has 1 heterocycles. The Morgan fingerprint density at radius 1 is 1.43 bits per heavy atom. The predicted octanol–water partition coefficient (Wildman–Crippen LogP) is 1.85. The van der Waals surface area contributed by atoms with E-state index in [1.54, 1.807) is 7.11 Å². The van der Waals surface area contributed by atoms with Crippen LogP contribution in [-0.4, -0.2) is 45.1 Å². The second-order valence-corrected chi connectivity index (χ2v) is 6.53. The molecule has 0 saturated carbocycles. The van der Waals surface area contributed by atoms with Crippen LogP contribution in [0.5, 0.6) is 5.75 Å². The molecule has 2 N–H and O–H groups in total. The number of amides is 1. The van der Waals surface area contributed by atoms with Gasteiger partial charge in [0.1, 0.15) is 5.75 Å². The highest BCUT2D eigenvalue weighted by atomic mass is 16.5. The summed E-state index contributed by atoms with van der Waals surface area (Å²) < 4.78 is 5.33. The van der Waals surface area contributed by atoms with Crippen molar-refractivity contribution in [2.75, 3.05) is 44.9 Å². The van der Waals surface area contributed by atoms with Gasteiger partial charge in [0.15, 0.2) is 0 Å². The molecule has 0 unspecified atom stereocenters. The summed E-state index contributed by atoms with van der Waals surface area (Å²) >= 11 is 0. The summed E-state index contributed by atoms with van der Waals surface area (Å²) in [5.74, 6) is 0.769. The Bertz CT molecular complexity index is 553. The monoisotopic (exact) mass is 291 g/mol. The topological polar surface area (TPSA) is 58.8 Å². The summed E-state index contributed by atoms with van der Waals surface area (Å²) in [6, 6.07) is 3.84. The number of carbonyl (C=O) groups excluding carboxylic acids is 1. The van der Waals surface area contributed by atoms with E-state index in [2.05, 4.69) is 13.8 Å². The molecule has 0 radical (unpaired) electrons. The van der Waals surface area contributed by atoms with Crippen LogP contribution in [0, 0.1) is 0 Å². The minimum atomic E-state index is 0.00517. The smallest absolute Gasteiger partial charge is 0.241 e. The Kier molecular flexibility index (Phi) is 4.14. The van der Waals surface area contributed by atoms with E-state index >= 15 is 0 Å². The minimum absolute atomic E-state index is 0.00517. The van der Waals surface area contributed by atoms with Gasteiger partial charge in [0.25, 0.3) is 0 Å². The molecule has 0 bridgehead atoms. The molecule has 0 fully saturated rings. The normalized spacial score (nSPS) is 16.8. The van der Waals surface area contributed by atoms with Gasteiger partial charge in [0.05, 0.1) is 19.3 Å². The van der Waals surface area contributed by atoms with Gasteiger partial charge in [0.2, 0.25) is 5.91 Å². The maximum atomic E-state index is 12.5. The van der Waals surface area contributed by atoms with Crippen LogP contribution < -0.4 is 15.4 Å². The van der Waals surface area contributed by atoms with Gasteiger partial charge in [0, 0.05) is 12.2 Å². The van der Waals surface area contributed by atoms with E-state index in [1.165, 1.54) is 0 Å². The molecule has 5 nitrogen and oxygen atoms in total. The molecule has 1 amide bonds. The number of nitrogens with zero attached hydrogens (tertiary/aromatic N) is 2. The minimum Gasteiger partial charge on any atom is -0.495 e. The Morgan fingerprint density at radius 3 is 2.67 bits per heavy atom. The molecule has 1 aromatic carbocycles. The zero-order valence-electron chi connectivity index (χ0n) is 13.6. The Morgan fingerprint density at radius 2 is 2.10 bits per heavy atom. The van der Waals surface area contributed by atoms with Crippen LogP contribution in [0.25, 0.3) is 0 Å². The van der Waals surface area contributed by atoms with Gasteiger partial charge in [-0.1, -0.05) is 13.8 Å². The number of ether oxygens (including phenoxy) is 1. The molecule has 0 aliphatic carbocycles. The molecule has 1 aromatic rings. The van der Waals surface area contributed by atoms with Crippen molar-refractivity contribution >= 4 is 17.3 Å². The number of methoxy groups -OCH3 is 1. The van der Waals surface area contributed by atoms with Crippen LogP contribution >= 0.6 is 0 Å². The first-order chi connectivity index (χ1) is 9.76. The third-order valence-electron chi connectivity index (χ3n) is 4.08. The lowest BCUT2D eigenvalue weighted by Crippen LogP contribution is -2.44. The molecule has 1 aliphatic rings. The van der Waals surface area contributed by atoms with Crippen LogP contribution in [0.2, 0.25) is 0 Å². The van der Waals surface area contributed by atoms with Crippen molar-refractivity contribution < 1.29 is 9.53 Å². The lowest BCUT2D eigenvalue weighted by molar-refractivity contribution is -0.119. The first-order valence-corrected chi connectivity index (χ1v) is 7.19. The first-order valence-electron chi connectivity index (χ1n) is 7.19. The van der Waals surface area contributed by atoms with Crippen molar-refractivity contribution in [1.29, 1.82) is 0 Å². The zero-order valence-corrected chi connectivity index (χ0v) is 13.6. The highest BCUT2D eigenvalue weighted by molar-refractivity contribution is 5.97. The molecule has 21 heavy (non-hydrogen) atoms. The summed E-state index contributed by atoms with van der Waals surface area (Å²) in [4.78, 5) is 16.2. The molecule has 0 atom stereocenters. The highest BCUT2D eigenvalue weighted by Gasteiger charge is 2.34. The summed E-state index contributed by atoms with van der Waals surface area (Å²) in [5, 5.41) is 0. The molecule has 0 saturated heterocycles. The van der Waals surface area contributed by atoms with E-state index in [4.69, 9.17) is 10.5 Å². The average Bonchev–Trinajstić information content (AvgIpc) is 2.37. The van der Waals surface area contributed by atoms with Gasteiger partial charge in [-0.3, -0.25) is 4.79 Å². The number of anilines is 2. The molecular weight excluding hydrogens is 266 g/mol. The molecular formula is C16H25N3O2. The number of benzene rings is 1. The van der Waals surface area contributed by atoms with Crippen molar-refractivity contribution in [1.82, 2.24) is 4.90 Å². The number of hydrogen-bond acceptors (Lipinski definition) is 4. The van der Waals surface area contributed by atoms with Crippen molar-refractivity contribution in [3.8, 4) is 5.75 Å². The SMILES string of the molecule is COc1cc2c(cc1N)N(C(=O)CN(C)C)CCC2(C)C. The van der Waals surface area contributed by atoms with E-state index in [0.717, 1.165) is 24.2 Å². The number of rotatable bonds is 3. The van der Waals surface area contributed by atoms with Gasteiger partial charge in [-0.25, -0.2) is 0 Å². The van der Waals surface area contributed by atoms with E-state index in [1.807, 2.05) is 36.0 Å². The van der Waals surface area contributed by atoms with Gasteiger partial charge in [-0.2, -0.15) is 0 Å². The van der Waals surface area contributed by atoms with E-state index in [-0.39, 0.29) is 11.3 Å². The fourth-order valence-corrected chi connectivity index (χ4v) is 2.79. The fraction of sp³-hybridized carbons (Fsp3) is 0.562. The molecule has 1 aliphatic heterocycles. The van der Waals surface area contributed by atoms with Crippen molar-refractivity contribution in [3.63, 3.8) is 0 Å². The number of likely N-dealkylation sites (N-methyl/N-ethyl adjacent to an activating group) is 1. The number of nitrogens with two attached hydrogens (primary N) is 1. The number of carbonyl (C=O) groups is 1.